The van der Waals surface area contributed by atoms with E-state index in [1.807, 2.05) is 36.4 Å². The van der Waals surface area contributed by atoms with Crippen molar-refractivity contribution in [1.82, 2.24) is 0 Å². The van der Waals surface area contributed by atoms with Crippen molar-refractivity contribution in [3.63, 3.8) is 0 Å². The summed E-state index contributed by atoms with van der Waals surface area (Å²) in [6.45, 7) is 0.920. The van der Waals surface area contributed by atoms with Crippen molar-refractivity contribution in [2.75, 3.05) is 18.0 Å². The number of hydrogen-bond acceptors (Lipinski definition) is 3. The molecular formula is C18H15F3N2O2. The molecule has 2 aromatic carbocycles. The molecule has 4 nitrogen and oxygen atoms in total. The summed E-state index contributed by atoms with van der Waals surface area (Å²) in [7, 11) is 0. The second-order valence-electron chi connectivity index (χ2n) is 5.75. The van der Waals surface area contributed by atoms with Crippen molar-refractivity contribution in [1.29, 1.82) is 0 Å². The monoisotopic (exact) mass is 348 g/mol. The Morgan fingerprint density at radius 3 is 2.36 bits per heavy atom. The van der Waals surface area contributed by atoms with Crippen LogP contribution in [0.3, 0.4) is 0 Å². The van der Waals surface area contributed by atoms with Crippen LogP contribution in [0, 0.1) is 10.1 Å². The third-order valence-corrected chi connectivity index (χ3v) is 4.19. The van der Waals surface area contributed by atoms with Crippen molar-refractivity contribution in [3.05, 3.63) is 75.8 Å². The molecule has 0 spiro atoms. The molecule has 130 valence electrons. The van der Waals surface area contributed by atoms with Crippen molar-refractivity contribution < 1.29 is 18.1 Å². The Kier molecular flexibility index (Phi) is 4.48. The smallest absolute Gasteiger partial charge is 0.362 e. The van der Waals surface area contributed by atoms with E-state index in [0.717, 1.165) is 17.2 Å². The number of halogens is 3. The van der Waals surface area contributed by atoms with Gasteiger partial charge in [0.05, 0.1) is 10.5 Å². The van der Waals surface area contributed by atoms with Crippen LogP contribution in [0.1, 0.15) is 17.5 Å². The van der Waals surface area contributed by atoms with Gasteiger partial charge < -0.3 is 4.90 Å². The molecule has 0 atom stereocenters. The summed E-state index contributed by atoms with van der Waals surface area (Å²) in [6.07, 6.45) is -1.98. The maximum absolute atomic E-state index is 12.8. The Bertz CT molecular complexity index is 817. The summed E-state index contributed by atoms with van der Waals surface area (Å²) in [5.41, 5.74) is 0.892. The number of nitro groups is 1. The molecule has 0 N–H and O–H groups in total. The molecule has 0 radical (unpaired) electrons. The van der Waals surface area contributed by atoms with E-state index in [2.05, 4.69) is 0 Å². The molecule has 0 saturated heterocycles. The molecular weight excluding hydrogens is 333 g/mol. The average Bonchev–Trinajstić information content (AvgIpc) is 2.61. The molecule has 3 rings (SSSR count). The van der Waals surface area contributed by atoms with Crippen molar-refractivity contribution in [2.24, 2.45) is 0 Å². The Balaban J connectivity index is 1.88. The first kappa shape index (κ1) is 17.0. The first-order chi connectivity index (χ1) is 11.9. The van der Waals surface area contributed by atoms with Gasteiger partial charge >= 0.3 is 6.18 Å². The van der Waals surface area contributed by atoms with E-state index >= 15 is 0 Å². The maximum atomic E-state index is 12.8. The van der Waals surface area contributed by atoms with Gasteiger partial charge in [-0.1, -0.05) is 36.4 Å². The van der Waals surface area contributed by atoms with Gasteiger partial charge in [0, 0.05) is 19.2 Å². The van der Waals surface area contributed by atoms with Crippen LogP contribution in [0.2, 0.25) is 0 Å². The fraction of sp³-hybridized carbons (Fsp3) is 0.222. The van der Waals surface area contributed by atoms with Gasteiger partial charge in [-0.2, -0.15) is 13.2 Å². The van der Waals surface area contributed by atoms with Crippen LogP contribution in [0.5, 0.6) is 0 Å². The molecule has 0 fully saturated rings. The largest absolute Gasteiger partial charge is 0.416 e. The molecule has 0 aromatic heterocycles. The number of benzene rings is 2. The van der Waals surface area contributed by atoms with Gasteiger partial charge in [0.2, 0.25) is 0 Å². The number of anilines is 1. The number of hydrogen-bond donors (Lipinski definition) is 0. The van der Waals surface area contributed by atoms with Gasteiger partial charge in [-0.05, 0) is 29.7 Å². The lowest BCUT2D eigenvalue weighted by Crippen LogP contribution is -2.29. The second-order valence-corrected chi connectivity index (χ2v) is 5.75. The number of rotatable bonds is 3. The van der Waals surface area contributed by atoms with E-state index in [-0.39, 0.29) is 5.69 Å². The predicted octanol–water partition coefficient (Wildman–Crippen LogP) is 4.91. The van der Waals surface area contributed by atoms with Gasteiger partial charge in [0.25, 0.3) is 5.69 Å². The van der Waals surface area contributed by atoms with Gasteiger partial charge in [0.15, 0.2) is 0 Å². The molecule has 1 heterocycles. The first-order valence-corrected chi connectivity index (χ1v) is 7.71. The Morgan fingerprint density at radius 1 is 1.08 bits per heavy atom. The summed E-state index contributed by atoms with van der Waals surface area (Å²) in [6, 6.07) is 12.4. The highest BCUT2D eigenvalue weighted by Gasteiger charge is 2.34. The molecule has 0 aliphatic carbocycles. The normalized spacial score (nSPS) is 15.0. The van der Waals surface area contributed by atoms with Crippen molar-refractivity contribution >= 4 is 16.9 Å². The zero-order chi connectivity index (χ0) is 18.0. The zero-order valence-electron chi connectivity index (χ0n) is 13.2. The quantitative estimate of drug-likeness (QED) is 0.585. The zero-order valence-corrected chi connectivity index (χ0v) is 13.2. The topological polar surface area (TPSA) is 46.4 Å². The lowest BCUT2D eigenvalue weighted by Gasteiger charge is -2.28. The maximum Gasteiger partial charge on any atom is 0.416 e. The number of nitro benzene ring substituents is 1. The summed E-state index contributed by atoms with van der Waals surface area (Å²) < 4.78 is 38.4. The van der Waals surface area contributed by atoms with Crippen LogP contribution >= 0.6 is 0 Å². The minimum Gasteiger partial charge on any atom is -0.362 e. The highest BCUT2D eigenvalue weighted by atomic mass is 19.4. The molecule has 7 heteroatoms. The number of alkyl halides is 3. The molecule has 1 aliphatic rings. The van der Waals surface area contributed by atoms with Crippen LogP contribution in [-0.4, -0.2) is 18.0 Å². The van der Waals surface area contributed by atoms with Crippen molar-refractivity contribution in [3.8, 4) is 0 Å². The minimum atomic E-state index is -4.61. The molecule has 0 unspecified atom stereocenters. The van der Waals surface area contributed by atoms with E-state index in [0.29, 0.717) is 25.6 Å². The Hall–Kier alpha value is -2.83. The van der Waals surface area contributed by atoms with E-state index < -0.39 is 22.4 Å². The lowest BCUT2D eigenvalue weighted by atomic mass is 9.99. The van der Waals surface area contributed by atoms with Crippen LogP contribution in [-0.2, 0) is 6.18 Å². The highest BCUT2D eigenvalue weighted by Crippen LogP contribution is 2.37. The highest BCUT2D eigenvalue weighted by molar-refractivity contribution is 5.71. The van der Waals surface area contributed by atoms with E-state index in [1.54, 1.807) is 4.90 Å². The molecule has 0 amide bonds. The molecule has 2 aromatic rings. The fourth-order valence-corrected chi connectivity index (χ4v) is 2.92. The second kappa shape index (κ2) is 6.58. The van der Waals surface area contributed by atoms with Gasteiger partial charge in [-0.15, -0.1) is 0 Å². The molecule has 1 aliphatic heterocycles. The van der Waals surface area contributed by atoms with E-state index in [1.165, 1.54) is 6.07 Å². The fourth-order valence-electron chi connectivity index (χ4n) is 2.92. The first-order valence-electron chi connectivity index (χ1n) is 7.71. The van der Waals surface area contributed by atoms with Gasteiger partial charge in [-0.25, -0.2) is 0 Å². The number of nitrogens with zero attached hydrogens (tertiary/aromatic N) is 2. The standard InChI is InChI=1S/C18H15F3N2O2/c19-18(20,21)15-6-7-16(17(12-15)23(24)25)22-10-8-14(9-11-22)13-4-2-1-3-5-13/h1-8,12H,9-11H2. The Labute approximate surface area is 142 Å². The predicted molar refractivity (Wildman–Crippen MR) is 89.3 cm³/mol. The summed E-state index contributed by atoms with van der Waals surface area (Å²) in [5.74, 6) is 0. The summed E-state index contributed by atoms with van der Waals surface area (Å²) in [4.78, 5) is 12.2. The third-order valence-electron chi connectivity index (χ3n) is 4.19. The van der Waals surface area contributed by atoms with Crippen LogP contribution in [0.25, 0.3) is 5.57 Å². The third kappa shape index (κ3) is 3.65. The minimum absolute atomic E-state index is 0.210. The van der Waals surface area contributed by atoms with E-state index in [4.69, 9.17) is 0 Å². The summed E-state index contributed by atoms with van der Waals surface area (Å²) in [5, 5.41) is 11.2. The average molecular weight is 348 g/mol. The molecule has 0 bridgehead atoms. The van der Waals surface area contributed by atoms with E-state index in [9.17, 15) is 23.3 Å². The molecule has 0 saturated carbocycles. The van der Waals surface area contributed by atoms with Crippen LogP contribution in [0.4, 0.5) is 24.5 Å². The summed E-state index contributed by atoms with van der Waals surface area (Å²) >= 11 is 0. The van der Waals surface area contributed by atoms with Gasteiger partial charge in [-0.3, -0.25) is 10.1 Å². The Morgan fingerprint density at radius 2 is 1.80 bits per heavy atom. The lowest BCUT2D eigenvalue weighted by molar-refractivity contribution is -0.384. The SMILES string of the molecule is O=[N+]([O-])c1cc(C(F)(F)F)ccc1N1CC=C(c2ccccc2)CC1. The van der Waals surface area contributed by atoms with Crippen LogP contribution < -0.4 is 4.90 Å². The molecule has 25 heavy (non-hydrogen) atoms. The van der Waals surface area contributed by atoms with Crippen molar-refractivity contribution in [2.45, 2.75) is 12.6 Å². The van der Waals surface area contributed by atoms with Gasteiger partial charge in [0.1, 0.15) is 5.69 Å². The van der Waals surface area contributed by atoms with Crippen LogP contribution in [0.15, 0.2) is 54.6 Å².